The number of nitrogens with one attached hydrogen (secondary N) is 2. The van der Waals surface area contributed by atoms with Crippen LogP contribution in [-0.2, 0) is 0 Å². The van der Waals surface area contributed by atoms with Gasteiger partial charge in [-0.25, -0.2) is 0 Å². The van der Waals surface area contributed by atoms with Gasteiger partial charge in [-0.05, 0) is 6.42 Å². The summed E-state index contributed by atoms with van der Waals surface area (Å²) in [6, 6.07) is 0. The van der Waals surface area contributed by atoms with Crippen molar-refractivity contribution in [3.63, 3.8) is 0 Å². The van der Waals surface area contributed by atoms with Gasteiger partial charge in [-0.2, -0.15) is 8.78 Å². The van der Waals surface area contributed by atoms with Crippen molar-refractivity contribution in [3.05, 3.63) is 11.4 Å². The average molecular weight is 235 g/mol. The number of nitrogens with zero attached hydrogens (tertiary/aromatic N) is 1. The first-order valence-corrected chi connectivity index (χ1v) is 5.89. The fourth-order valence-corrected chi connectivity index (χ4v) is 1.46. The minimum Gasteiger partial charge on any atom is -0.301 e. The van der Waals surface area contributed by atoms with Crippen LogP contribution in [0.1, 0.15) is 47.0 Å². The smallest absolute Gasteiger partial charge is 0.290 e. The molecule has 0 spiro atoms. The third-order valence-electron chi connectivity index (χ3n) is 2.34. The van der Waals surface area contributed by atoms with Crippen LogP contribution in [0.2, 0.25) is 0 Å². The second kappa shape index (κ2) is 6.68. The zero-order valence-electron chi connectivity index (χ0n) is 10.8. The van der Waals surface area contributed by atoms with Crippen LogP contribution in [0.25, 0.3) is 0 Å². The molecule has 3 nitrogen and oxygen atoms in total. The summed E-state index contributed by atoms with van der Waals surface area (Å²) in [5.74, 6) is -2.76. The average Bonchev–Trinajstić information content (AvgIpc) is 2.65. The van der Waals surface area contributed by atoms with Crippen LogP contribution in [0.4, 0.5) is 8.78 Å². The maximum atomic E-state index is 13.4. The third-order valence-corrected chi connectivity index (χ3v) is 2.34. The van der Waals surface area contributed by atoms with Crippen LogP contribution in [0.15, 0.2) is 11.4 Å². The highest BCUT2D eigenvalue weighted by atomic mass is 19.3. The Morgan fingerprint density at radius 1 is 1.25 bits per heavy atom. The molecule has 0 saturated heterocycles. The monoisotopic (exact) mass is 235 g/mol. The van der Waals surface area contributed by atoms with Gasteiger partial charge in [0.1, 0.15) is 5.70 Å². The predicted molar refractivity (Wildman–Crippen MR) is 62.6 cm³/mol. The predicted octanol–water partition coefficient (Wildman–Crippen LogP) is 3.02. The molecule has 0 saturated carbocycles. The van der Waals surface area contributed by atoms with E-state index < -0.39 is 5.92 Å². The second-order valence-corrected chi connectivity index (χ2v) is 3.43. The van der Waals surface area contributed by atoms with E-state index in [1.54, 1.807) is 12.1 Å². The van der Waals surface area contributed by atoms with Crippen molar-refractivity contribution in [2.45, 2.75) is 52.9 Å². The molecule has 0 unspecified atom stereocenters. The zero-order chi connectivity index (χ0) is 12.8. The Kier molecular flexibility index (Phi) is 6.33. The number of hydrazine groups is 2. The Morgan fingerprint density at radius 2 is 1.81 bits per heavy atom. The zero-order valence-corrected chi connectivity index (χ0v) is 10.8. The van der Waals surface area contributed by atoms with Gasteiger partial charge >= 0.3 is 0 Å². The van der Waals surface area contributed by atoms with Gasteiger partial charge in [0.05, 0.1) is 5.70 Å². The van der Waals surface area contributed by atoms with Crippen LogP contribution >= 0.6 is 0 Å². The Labute approximate surface area is 96.8 Å². The number of allylic oxidation sites excluding steroid dienone is 2. The van der Waals surface area contributed by atoms with Gasteiger partial charge in [0, 0.05) is 13.5 Å². The fraction of sp³-hybridized carbons (Fsp3) is 0.818. The highest BCUT2D eigenvalue weighted by Gasteiger charge is 2.38. The molecule has 0 aliphatic carbocycles. The molecule has 1 heterocycles. The molecule has 0 atom stereocenters. The van der Waals surface area contributed by atoms with Gasteiger partial charge in [-0.15, -0.1) is 5.53 Å². The summed E-state index contributed by atoms with van der Waals surface area (Å²) in [6.45, 7) is 7.46. The molecule has 2 N–H and O–H groups in total. The molecule has 0 aromatic rings. The summed E-state index contributed by atoms with van der Waals surface area (Å²) in [4.78, 5) is 0. The molecular weight excluding hydrogens is 212 g/mol. The summed E-state index contributed by atoms with van der Waals surface area (Å²) >= 11 is 0. The van der Waals surface area contributed by atoms with Gasteiger partial charge in [0.25, 0.3) is 5.92 Å². The lowest BCUT2D eigenvalue weighted by Crippen LogP contribution is -2.37. The first-order chi connectivity index (χ1) is 7.53. The van der Waals surface area contributed by atoms with Crippen LogP contribution in [0.5, 0.6) is 0 Å². The highest BCUT2D eigenvalue weighted by Crippen LogP contribution is 2.31. The summed E-state index contributed by atoms with van der Waals surface area (Å²) in [7, 11) is 1.73. The molecule has 0 aromatic heterocycles. The van der Waals surface area contributed by atoms with Gasteiger partial charge in [0.15, 0.2) is 0 Å². The summed E-state index contributed by atoms with van der Waals surface area (Å²) in [5.41, 5.74) is 5.88. The molecule has 0 amide bonds. The normalized spacial score (nSPS) is 15.8. The van der Waals surface area contributed by atoms with Crippen molar-refractivity contribution in [1.29, 1.82) is 0 Å². The topological polar surface area (TPSA) is 27.3 Å². The molecule has 5 heteroatoms. The lowest BCUT2D eigenvalue weighted by Gasteiger charge is -2.17. The largest absolute Gasteiger partial charge is 0.301 e. The Hall–Kier alpha value is -0.840. The van der Waals surface area contributed by atoms with Crippen molar-refractivity contribution in [1.82, 2.24) is 16.0 Å². The quantitative estimate of drug-likeness (QED) is 0.784. The summed E-state index contributed by atoms with van der Waals surface area (Å²) in [6.07, 6.45) is 1.33. The van der Waals surface area contributed by atoms with Gasteiger partial charge in [-0.1, -0.05) is 34.1 Å². The first-order valence-electron chi connectivity index (χ1n) is 5.89. The molecule has 1 aliphatic heterocycles. The molecular formula is C11H23F2N3. The minimum atomic E-state index is -2.76. The molecule has 0 fully saturated rings. The molecule has 1 aliphatic rings. The van der Waals surface area contributed by atoms with E-state index >= 15 is 0 Å². The molecule has 96 valence electrons. The first kappa shape index (κ1) is 15.2. The lowest BCUT2D eigenvalue weighted by atomic mass is 10.1. The van der Waals surface area contributed by atoms with E-state index in [0.717, 1.165) is 6.42 Å². The summed E-state index contributed by atoms with van der Waals surface area (Å²) in [5, 5.41) is 1.61. The number of rotatable bonds is 4. The van der Waals surface area contributed by atoms with E-state index in [0.29, 0.717) is 12.1 Å². The molecule has 1 rings (SSSR count). The van der Waals surface area contributed by atoms with E-state index in [2.05, 4.69) is 11.0 Å². The van der Waals surface area contributed by atoms with E-state index in [1.807, 2.05) is 20.8 Å². The number of halogens is 2. The van der Waals surface area contributed by atoms with Gasteiger partial charge in [-0.3, -0.25) is 5.01 Å². The Balaban J connectivity index is 0.00000106. The summed E-state index contributed by atoms with van der Waals surface area (Å²) < 4.78 is 26.8. The van der Waals surface area contributed by atoms with Crippen molar-refractivity contribution >= 4 is 0 Å². The van der Waals surface area contributed by atoms with Crippen molar-refractivity contribution in [2.75, 3.05) is 7.05 Å². The molecule has 0 aromatic carbocycles. The van der Waals surface area contributed by atoms with E-state index in [1.165, 1.54) is 6.92 Å². The van der Waals surface area contributed by atoms with Crippen molar-refractivity contribution in [2.24, 2.45) is 0 Å². The van der Waals surface area contributed by atoms with E-state index in [4.69, 9.17) is 0 Å². The Morgan fingerprint density at radius 3 is 2.25 bits per heavy atom. The van der Waals surface area contributed by atoms with Crippen molar-refractivity contribution < 1.29 is 8.78 Å². The van der Waals surface area contributed by atoms with Gasteiger partial charge in [0.2, 0.25) is 0 Å². The molecule has 0 bridgehead atoms. The second-order valence-electron chi connectivity index (χ2n) is 3.43. The number of hydrogen-bond donors (Lipinski definition) is 2. The molecule has 0 radical (unpaired) electrons. The van der Waals surface area contributed by atoms with Crippen LogP contribution in [-0.4, -0.2) is 18.0 Å². The maximum absolute atomic E-state index is 13.4. The van der Waals surface area contributed by atoms with E-state index in [9.17, 15) is 8.78 Å². The Bertz CT molecular complexity index is 239. The highest BCUT2D eigenvalue weighted by molar-refractivity contribution is 5.20. The van der Waals surface area contributed by atoms with Crippen LogP contribution < -0.4 is 11.0 Å². The SMILES string of the molecule is CC.CCCC1=C(C(F)(F)CC)NNN1C. The van der Waals surface area contributed by atoms with E-state index in [-0.39, 0.29) is 12.1 Å². The fourth-order valence-electron chi connectivity index (χ4n) is 1.46. The van der Waals surface area contributed by atoms with Gasteiger partial charge < -0.3 is 5.43 Å². The van der Waals surface area contributed by atoms with Crippen molar-refractivity contribution in [3.8, 4) is 0 Å². The number of hydrogen-bond acceptors (Lipinski definition) is 3. The van der Waals surface area contributed by atoms with Crippen LogP contribution in [0.3, 0.4) is 0 Å². The number of alkyl halides is 2. The molecule has 16 heavy (non-hydrogen) atoms. The standard InChI is InChI=1S/C9H17F2N3.C2H6/c1-4-6-7-8(9(10,11)5-2)12-13-14(7)3;1-2/h12-13H,4-6H2,1-3H3;1-2H3. The third kappa shape index (κ3) is 3.33. The maximum Gasteiger partial charge on any atom is 0.290 e. The lowest BCUT2D eigenvalue weighted by molar-refractivity contribution is 0.0295. The van der Waals surface area contributed by atoms with Crippen LogP contribution in [0, 0.1) is 0 Å². The minimum absolute atomic E-state index is 0.0179.